The number of carbonyl (C=O) groups excluding carboxylic acids is 2. The molecule has 2 N–H and O–H groups in total. The van der Waals surface area contributed by atoms with Crippen LogP contribution in [0.15, 0.2) is 59.8 Å². The summed E-state index contributed by atoms with van der Waals surface area (Å²) in [4.78, 5) is 33.6. The highest BCUT2D eigenvalue weighted by Crippen LogP contribution is 2.47. The van der Waals surface area contributed by atoms with Gasteiger partial charge in [-0.3, -0.25) is 20.4 Å². The summed E-state index contributed by atoms with van der Waals surface area (Å²) in [5.41, 5.74) is 9.56. The maximum Gasteiger partial charge on any atom is 0.269 e. The summed E-state index contributed by atoms with van der Waals surface area (Å²) in [5, 5.41) is 1.41. The van der Waals surface area contributed by atoms with E-state index in [0.717, 1.165) is 34.1 Å². The van der Waals surface area contributed by atoms with Crippen molar-refractivity contribution >= 4 is 35.2 Å². The van der Waals surface area contributed by atoms with Gasteiger partial charge >= 0.3 is 0 Å². The Morgan fingerprint density at radius 1 is 1.00 bits per heavy atom. The molecule has 32 heavy (non-hydrogen) atoms. The molecule has 1 aliphatic carbocycles. The number of hydrazine groups is 1. The molecule has 2 aromatic carbocycles. The van der Waals surface area contributed by atoms with Gasteiger partial charge in [-0.05, 0) is 67.6 Å². The molecule has 4 rings (SSSR count). The van der Waals surface area contributed by atoms with E-state index in [2.05, 4.69) is 20.8 Å². The molecule has 0 radical (unpaired) electrons. The van der Waals surface area contributed by atoms with Crippen LogP contribution in [0.2, 0.25) is 5.02 Å². The van der Waals surface area contributed by atoms with E-state index >= 15 is 0 Å². The second kappa shape index (κ2) is 9.71. The molecule has 0 bridgehead atoms. The van der Waals surface area contributed by atoms with Crippen LogP contribution in [-0.2, 0) is 10.5 Å². The van der Waals surface area contributed by atoms with E-state index in [4.69, 9.17) is 11.6 Å². The Kier molecular flexibility index (Phi) is 6.77. The van der Waals surface area contributed by atoms with Gasteiger partial charge in [0.25, 0.3) is 5.91 Å². The topological polar surface area (TPSA) is 84.0 Å². The van der Waals surface area contributed by atoms with Crippen molar-refractivity contribution in [3.8, 4) is 0 Å². The minimum atomic E-state index is -0.348. The number of nitrogens with one attached hydrogen (secondary N) is 2. The standard InChI is InChI=1S/C24H23ClN4O2S/c1-14-11-15(2)27-24(26-14)32-13-16-3-5-18(6-4-16)22(30)28-29-23(31)21-12-20(21)17-7-9-19(25)10-8-17/h3-11,20-21H,12-13H2,1-2H3,(H,28,30)(H,29,31). The molecular weight excluding hydrogens is 444 g/mol. The lowest BCUT2D eigenvalue weighted by Gasteiger charge is -2.08. The molecule has 6 nitrogen and oxygen atoms in total. The monoisotopic (exact) mass is 466 g/mol. The number of hydrogen-bond acceptors (Lipinski definition) is 5. The predicted octanol–water partition coefficient (Wildman–Crippen LogP) is 4.60. The Labute approximate surface area is 196 Å². The Bertz CT molecular complexity index is 1120. The Balaban J connectivity index is 1.25. The molecule has 2 atom stereocenters. The molecule has 2 amide bonds. The van der Waals surface area contributed by atoms with Crippen molar-refractivity contribution in [3.05, 3.63) is 87.7 Å². The van der Waals surface area contributed by atoms with Crippen LogP contribution in [0.1, 0.15) is 45.2 Å². The number of aromatic nitrogens is 2. The van der Waals surface area contributed by atoms with Gasteiger partial charge in [0.15, 0.2) is 5.16 Å². The summed E-state index contributed by atoms with van der Waals surface area (Å²) in [6, 6.07) is 16.7. The normalized spacial score (nSPS) is 17.0. The molecule has 164 valence electrons. The van der Waals surface area contributed by atoms with Crippen LogP contribution in [-0.4, -0.2) is 21.8 Å². The van der Waals surface area contributed by atoms with Gasteiger partial charge in [-0.1, -0.05) is 47.6 Å². The van der Waals surface area contributed by atoms with Gasteiger partial charge in [0, 0.05) is 33.6 Å². The van der Waals surface area contributed by atoms with Gasteiger partial charge in [0.05, 0.1) is 0 Å². The van der Waals surface area contributed by atoms with Gasteiger partial charge < -0.3 is 0 Å². The largest absolute Gasteiger partial charge is 0.273 e. The molecule has 0 saturated heterocycles. The summed E-state index contributed by atoms with van der Waals surface area (Å²) >= 11 is 7.46. The lowest BCUT2D eigenvalue weighted by molar-refractivity contribution is -0.123. The van der Waals surface area contributed by atoms with Crippen molar-refractivity contribution in [1.82, 2.24) is 20.8 Å². The van der Waals surface area contributed by atoms with Crippen LogP contribution < -0.4 is 10.9 Å². The van der Waals surface area contributed by atoms with Crippen molar-refractivity contribution in [2.75, 3.05) is 0 Å². The third-order valence-electron chi connectivity index (χ3n) is 5.27. The second-order valence-corrected chi connectivity index (χ2v) is 9.24. The Hall–Kier alpha value is -2.90. The number of rotatable bonds is 6. The third-order valence-corrected chi connectivity index (χ3v) is 6.44. The summed E-state index contributed by atoms with van der Waals surface area (Å²) < 4.78 is 0. The van der Waals surface area contributed by atoms with Crippen molar-refractivity contribution in [2.45, 2.75) is 37.1 Å². The zero-order chi connectivity index (χ0) is 22.7. The van der Waals surface area contributed by atoms with Crippen LogP contribution >= 0.6 is 23.4 Å². The average Bonchev–Trinajstić information content (AvgIpc) is 3.57. The van der Waals surface area contributed by atoms with E-state index in [-0.39, 0.29) is 23.7 Å². The molecule has 1 aromatic heterocycles. The number of thioether (sulfide) groups is 1. The van der Waals surface area contributed by atoms with E-state index in [1.807, 2.05) is 56.3 Å². The lowest BCUT2D eigenvalue weighted by atomic mass is 10.1. The van der Waals surface area contributed by atoms with E-state index < -0.39 is 0 Å². The number of aryl methyl sites for hydroxylation is 2. The van der Waals surface area contributed by atoms with Crippen LogP contribution in [0.4, 0.5) is 0 Å². The number of benzene rings is 2. The minimum absolute atomic E-state index is 0.136. The van der Waals surface area contributed by atoms with Gasteiger partial charge in [0.2, 0.25) is 5.91 Å². The molecule has 1 aliphatic rings. The number of hydrogen-bond donors (Lipinski definition) is 2. The molecule has 1 fully saturated rings. The fourth-order valence-corrected chi connectivity index (χ4v) is 4.54. The van der Waals surface area contributed by atoms with E-state index in [1.165, 1.54) is 0 Å². The first-order valence-corrected chi connectivity index (χ1v) is 11.6. The zero-order valence-electron chi connectivity index (χ0n) is 17.8. The molecule has 8 heteroatoms. The molecular formula is C24H23ClN4O2S. The number of nitrogens with zero attached hydrogens (tertiary/aromatic N) is 2. The van der Waals surface area contributed by atoms with Crippen molar-refractivity contribution in [3.63, 3.8) is 0 Å². The fraction of sp³-hybridized carbons (Fsp3) is 0.250. The quantitative estimate of drug-likeness (QED) is 0.315. The molecule has 2 unspecified atom stereocenters. The first-order valence-electron chi connectivity index (χ1n) is 10.3. The molecule has 1 heterocycles. The van der Waals surface area contributed by atoms with E-state index in [9.17, 15) is 9.59 Å². The van der Waals surface area contributed by atoms with Gasteiger partial charge in [-0.25, -0.2) is 9.97 Å². The van der Waals surface area contributed by atoms with Crippen LogP contribution in [0.5, 0.6) is 0 Å². The fourth-order valence-electron chi connectivity index (χ4n) is 3.50. The smallest absolute Gasteiger partial charge is 0.269 e. The lowest BCUT2D eigenvalue weighted by Crippen LogP contribution is -2.42. The van der Waals surface area contributed by atoms with Crippen LogP contribution in [0.25, 0.3) is 0 Å². The maximum atomic E-state index is 12.4. The number of halogens is 1. The molecule has 0 aliphatic heterocycles. The third kappa shape index (κ3) is 5.66. The summed E-state index contributed by atoms with van der Waals surface area (Å²) in [6.07, 6.45) is 0.764. The molecule has 0 spiro atoms. The maximum absolute atomic E-state index is 12.4. The highest BCUT2D eigenvalue weighted by molar-refractivity contribution is 7.98. The second-order valence-electron chi connectivity index (χ2n) is 7.86. The van der Waals surface area contributed by atoms with Gasteiger partial charge in [0.1, 0.15) is 0 Å². The van der Waals surface area contributed by atoms with Crippen LogP contribution in [0, 0.1) is 19.8 Å². The predicted molar refractivity (Wildman–Crippen MR) is 125 cm³/mol. The van der Waals surface area contributed by atoms with Gasteiger partial charge in [-0.15, -0.1) is 0 Å². The summed E-state index contributed by atoms with van der Waals surface area (Å²) in [5.74, 6) is 0.207. The van der Waals surface area contributed by atoms with E-state index in [1.54, 1.807) is 23.9 Å². The summed E-state index contributed by atoms with van der Waals surface area (Å²) in [7, 11) is 0. The SMILES string of the molecule is Cc1cc(C)nc(SCc2ccc(C(=O)NNC(=O)C3CC3c3ccc(Cl)cc3)cc2)n1. The molecule has 1 saturated carbocycles. The highest BCUT2D eigenvalue weighted by atomic mass is 35.5. The van der Waals surface area contributed by atoms with E-state index in [0.29, 0.717) is 16.3 Å². The van der Waals surface area contributed by atoms with Gasteiger partial charge in [-0.2, -0.15) is 0 Å². The average molecular weight is 467 g/mol. The van der Waals surface area contributed by atoms with Crippen molar-refractivity contribution in [1.29, 1.82) is 0 Å². The zero-order valence-corrected chi connectivity index (χ0v) is 19.3. The number of amides is 2. The van der Waals surface area contributed by atoms with Crippen LogP contribution in [0.3, 0.4) is 0 Å². The first kappa shape index (κ1) is 22.3. The molecule has 3 aromatic rings. The van der Waals surface area contributed by atoms with Crippen molar-refractivity contribution < 1.29 is 9.59 Å². The Morgan fingerprint density at radius 2 is 1.66 bits per heavy atom. The first-order chi connectivity index (χ1) is 15.4. The van der Waals surface area contributed by atoms with Crippen molar-refractivity contribution in [2.24, 2.45) is 5.92 Å². The highest BCUT2D eigenvalue weighted by Gasteiger charge is 2.44. The number of carbonyl (C=O) groups is 2. The summed E-state index contributed by atoms with van der Waals surface area (Å²) in [6.45, 7) is 3.90. The Morgan fingerprint density at radius 3 is 2.31 bits per heavy atom. The minimum Gasteiger partial charge on any atom is -0.273 e.